The van der Waals surface area contributed by atoms with Crippen molar-refractivity contribution in [1.29, 1.82) is 0 Å². The van der Waals surface area contributed by atoms with Gasteiger partial charge in [0.1, 0.15) is 5.82 Å². The number of pyridine rings is 1. The van der Waals surface area contributed by atoms with Gasteiger partial charge in [-0.2, -0.15) is 0 Å². The van der Waals surface area contributed by atoms with E-state index < -0.39 is 0 Å². The van der Waals surface area contributed by atoms with E-state index in [-0.39, 0.29) is 0 Å². The molecule has 0 saturated carbocycles. The Balaban J connectivity index is 0.917. The average Bonchev–Trinajstić information content (AvgIpc) is 3.93. The third-order valence-electron chi connectivity index (χ3n) is 14.1. The van der Waals surface area contributed by atoms with Crippen LogP contribution in [0.2, 0.25) is 0 Å². The van der Waals surface area contributed by atoms with Crippen molar-refractivity contribution in [3.05, 3.63) is 249 Å². The third-order valence-corrected chi connectivity index (χ3v) is 14.1. The minimum atomic E-state index is 0.880. The zero-order chi connectivity index (χ0) is 44.7. The number of hydrogen-bond acceptors (Lipinski definition) is 1. The molecule has 14 aromatic rings. The number of aromatic nitrogens is 3. The predicted octanol–water partition coefficient (Wildman–Crippen LogP) is 17.4. The Morgan fingerprint density at radius 2 is 0.647 bits per heavy atom. The molecule has 0 aliphatic heterocycles. The maximum Gasteiger partial charge on any atom is 0.138 e. The van der Waals surface area contributed by atoms with Gasteiger partial charge < -0.3 is 4.57 Å². The molecule has 0 radical (unpaired) electrons. The first kappa shape index (κ1) is 38.2. The second-order valence-electron chi connectivity index (χ2n) is 17.9. The maximum absolute atomic E-state index is 5.56. The summed E-state index contributed by atoms with van der Waals surface area (Å²) < 4.78 is 4.72. The van der Waals surface area contributed by atoms with Gasteiger partial charge in [-0.15, -0.1) is 0 Å². The van der Waals surface area contributed by atoms with Crippen LogP contribution in [0.5, 0.6) is 0 Å². The summed E-state index contributed by atoms with van der Waals surface area (Å²) in [6, 6.07) is 90.6. The molecule has 0 unspecified atom stereocenters. The van der Waals surface area contributed by atoms with E-state index in [1.54, 1.807) is 0 Å². The first-order valence-electron chi connectivity index (χ1n) is 23.4. The predicted molar refractivity (Wildman–Crippen MR) is 287 cm³/mol. The molecule has 0 spiro atoms. The van der Waals surface area contributed by atoms with Gasteiger partial charge in [-0.3, -0.25) is 4.57 Å². The van der Waals surface area contributed by atoms with Crippen LogP contribution in [0.15, 0.2) is 249 Å². The van der Waals surface area contributed by atoms with Gasteiger partial charge in [-0.05, 0) is 138 Å². The number of fused-ring (bicyclic) bond motifs is 12. The van der Waals surface area contributed by atoms with Crippen LogP contribution in [-0.4, -0.2) is 14.1 Å². The average molecular weight is 864 g/mol. The third kappa shape index (κ3) is 6.03. The largest absolute Gasteiger partial charge is 0.309 e. The molecule has 0 fully saturated rings. The Kier molecular flexibility index (Phi) is 8.59. The molecule has 0 amide bonds. The van der Waals surface area contributed by atoms with Crippen LogP contribution in [0, 0.1) is 0 Å². The number of benzene rings is 11. The summed E-state index contributed by atoms with van der Waals surface area (Å²) >= 11 is 0. The van der Waals surface area contributed by atoms with E-state index in [4.69, 9.17) is 4.98 Å². The minimum Gasteiger partial charge on any atom is -0.309 e. The zero-order valence-electron chi connectivity index (χ0n) is 37.0. The lowest BCUT2D eigenvalue weighted by molar-refractivity contribution is 1.08. The summed E-state index contributed by atoms with van der Waals surface area (Å²) in [5.41, 5.74) is 14.8. The molecule has 3 heterocycles. The molecule has 68 heavy (non-hydrogen) atoms. The number of hydrogen-bond donors (Lipinski definition) is 0. The lowest BCUT2D eigenvalue weighted by atomic mass is 9.91. The van der Waals surface area contributed by atoms with Crippen molar-refractivity contribution in [3.8, 4) is 56.1 Å². The zero-order valence-corrected chi connectivity index (χ0v) is 37.0. The highest BCUT2D eigenvalue weighted by atomic mass is 15.1. The topological polar surface area (TPSA) is 22.8 Å². The summed E-state index contributed by atoms with van der Waals surface area (Å²) in [5.74, 6) is 0.880. The van der Waals surface area contributed by atoms with Crippen molar-refractivity contribution in [3.63, 3.8) is 0 Å². The highest BCUT2D eigenvalue weighted by molar-refractivity contribution is 6.25. The quantitative estimate of drug-likeness (QED) is 0.153. The summed E-state index contributed by atoms with van der Waals surface area (Å²) in [6.07, 6.45) is 0. The molecule has 0 N–H and O–H groups in total. The molecular formula is C65H41N3. The second kappa shape index (κ2) is 15.3. The van der Waals surface area contributed by atoms with Gasteiger partial charge in [0, 0.05) is 32.8 Å². The smallest absolute Gasteiger partial charge is 0.138 e. The maximum atomic E-state index is 5.56. The Bertz CT molecular complexity index is 4270. The van der Waals surface area contributed by atoms with Crippen molar-refractivity contribution >= 4 is 75.9 Å². The van der Waals surface area contributed by atoms with Crippen molar-refractivity contribution < 1.29 is 0 Å². The lowest BCUT2D eigenvalue weighted by Crippen LogP contribution is -2.00. The van der Waals surface area contributed by atoms with E-state index in [0.717, 1.165) is 50.5 Å². The molecule has 0 aliphatic carbocycles. The molecule has 316 valence electrons. The van der Waals surface area contributed by atoms with E-state index in [1.165, 1.54) is 81.6 Å². The minimum absolute atomic E-state index is 0.880. The fraction of sp³-hybridized carbons (Fsp3) is 0. The molecule has 0 atom stereocenters. The van der Waals surface area contributed by atoms with E-state index in [2.05, 4.69) is 258 Å². The monoisotopic (exact) mass is 863 g/mol. The van der Waals surface area contributed by atoms with Gasteiger partial charge in [0.15, 0.2) is 0 Å². The SMILES string of the molecule is c1ccc(-c2cc(-c3cccc(-c4ccc5c6ccccc6c6ccccc6c5c4)c3)nc(-n3c4ccccc4c4cc(-c5ccc6c(c5)c5ccccc5n6-c5ccccc5)ccc43)c2)cc1. The number of para-hydroxylation sites is 3. The van der Waals surface area contributed by atoms with Crippen LogP contribution in [0.25, 0.3) is 132 Å². The summed E-state index contributed by atoms with van der Waals surface area (Å²) in [5, 5.41) is 12.5. The van der Waals surface area contributed by atoms with Crippen LogP contribution in [0.3, 0.4) is 0 Å². The van der Waals surface area contributed by atoms with Gasteiger partial charge in [0.2, 0.25) is 0 Å². The lowest BCUT2D eigenvalue weighted by Gasteiger charge is -2.14. The first-order chi connectivity index (χ1) is 33.7. The van der Waals surface area contributed by atoms with Crippen LogP contribution < -0.4 is 0 Å². The Morgan fingerprint density at radius 1 is 0.221 bits per heavy atom. The normalized spacial score (nSPS) is 11.8. The molecule has 0 saturated heterocycles. The number of nitrogens with zero attached hydrogens (tertiary/aromatic N) is 3. The fourth-order valence-corrected chi connectivity index (χ4v) is 10.9. The van der Waals surface area contributed by atoms with Gasteiger partial charge in [-0.25, -0.2) is 4.98 Å². The van der Waals surface area contributed by atoms with Gasteiger partial charge in [0.05, 0.1) is 27.8 Å². The molecule has 0 aliphatic rings. The van der Waals surface area contributed by atoms with Gasteiger partial charge >= 0.3 is 0 Å². The highest BCUT2D eigenvalue weighted by Crippen LogP contribution is 2.41. The Hall–Kier alpha value is -9.05. The van der Waals surface area contributed by atoms with Crippen molar-refractivity contribution in [2.75, 3.05) is 0 Å². The van der Waals surface area contributed by atoms with Gasteiger partial charge in [-0.1, -0.05) is 176 Å². The highest BCUT2D eigenvalue weighted by Gasteiger charge is 2.19. The second-order valence-corrected chi connectivity index (χ2v) is 17.9. The van der Waals surface area contributed by atoms with Gasteiger partial charge in [0.25, 0.3) is 0 Å². The summed E-state index contributed by atoms with van der Waals surface area (Å²) in [6.45, 7) is 0. The fourth-order valence-electron chi connectivity index (χ4n) is 10.9. The van der Waals surface area contributed by atoms with E-state index in [9.17, 15) is 0 Å². The first-order valence-corrected chi connectivity index (χ1v) is 23.4. The molecule has 0 bridgehead atoms. The van der Waals surface area contributed by atoms with Crippen LogP contribution in [0.4, 0.5) is 0 Å². The standard InChI is InChI=1S/C65H41N3/c1-3-16-42(17-4-1)48-40-60(47-19-15-18-43(36-47)44-30-33-54-52-24-8-7-22-50(52)51-23-9-10-25-53(51)57(54)37-44)66-65(41-48)68-62-29-14-12-27-56(62)59-39-46(32-35-64(59)68)45-31-34-63-58(38-45)55-26-11-13-28-61(55)67(63)49-20-5-2-6-21-49/h1-41H. The van der Waals surface area contributed by atoms with Crippen LogP contribution in [-0.2, 0) is 0 Å². The van der Waals surface area contributed by atoms with E-state index in [0.29, 0.717) is 0 Å². The molecule has 3 aromatic heterocycles. The van der Waals surface area contributed by atoms with E-state index >= 15 is 0 Å². The summed E-state index contributed by atoms with van der Waals surface area (Å²) in [7, 11) is 0. The molecule has 14 rings (SSSR count). The molecule has 3 heteroatoms. The molecular weight excluding hydrogens is 823 g/mol. The molecule has 11 aromatic carbocycles. The van der Waals surface area contributed by atoms with Crippen LogP contribution >= 0.6 is 0 Å². The Labute approximate surface area is 393 Å². The van der Waals surface area contributed by atoms with Crippen molar-refractivity contribution in [2.45, 2.75) is 0 Å². The van der Waals surface area contributed by atoms with Crippen molar-refractivity contribution in [2.24, 2.45) is 0 Å². The van der Waals surface area contributed by atoms with Crippen molar-refractivity contribution in [1.82, 2.24) is 14.1 Å². The number of rotatable bonds is 6. The van der Waals surface area contributed by atoms with E-state index in [1.807, 2.05) is 0 Å². The van der Waals surface area contributed by atoms with Crippen LogP contribution in [0.1, 0.15) is 0 Å². The Morgan fingerprint density at radius 3 is 1.28 bits per heavy atom. The molecule has 3 nitrogen and oxygen atoms in total. The summed E-state index contributed by atoms with van der Waals surface area (Å²) in [4.78, 5) is 5.56.